The van der Waals surface area contributed by atoms with Crippen molar-refractivity contribution in [1.29, 1.82) is 5.26 Å². The molecule has 0 aliphatic carbocycles. The van der Waals surface area contributed by atoms with E-state index in [1.807, 2.05) is 6.07 Å². The molecule has 0 radical (unpaired) electrons. The van der Waals surface area contributed by atoms with E-state index in [2.05, 4.69) is 0 Å². The first-order valence-corrected chi connectivity index (χ1v) is 4.11. The monoisotopic (exact) mass is 190 g/mol. The third-order valence-corrected chi connectivity index (χ3v) is 1.90. The number of hydrogen-bond donors (Lipinski definition) is 2. The second-order valence-corrected chi connectivity index (χ2v) is 2.90. The zero-order chi connectivity index (χ0) is 10.6. The molecule has 0 heterocycles. The third kappa shape index (κ3) is 2.31. The predicted molar refractivity (Wildman–Crippen MR) is 50.6 cm³/mol. The van der Waals surface area contributed by atoms with Crippen LogP contribution in [-0.4, -0.2) is 11.1 Å². The Kier molecular flexibility index (Phi) is 3.21. The van der Waals surface area contributed by atoms with Crippen LogP contribution in [0.25, 0.3) is 0 Å². The van der Waals surface area contributed by atoms with Gasteiger partial charge in [-0.1, -0.05) is 12.1 Å². The smallest absolute Gasteiger partial charge is 0.335 e. The molecule has 1 aromatic carbocycles. The molecule has 0 saturated carbocycles. The quantitative estimate of drug-likeness (QED) is 0.751. The average Bonchev–Trinajstić information content (AvgIpc) is 2.18. The number of aromatic carboxylic acids is 1. The lowest BCUT2D eigenvalue weighted by molar-refractivity contribution is 0.0697. The van der Waals surface area contributed by atoms with Crippen LogP contribution in [0.15, 0.2) is 24.3 Å². The molecule has 0 spiro atoms. The predicted octanol–water partition coefficient (Wildman–Crippen LogP) is 1.30. The van der Waals surface area contributed by atoms with Crippen molar-refractivity contribution in [2.24, 2.45) is 5.73 Å². The SMILES string of the molecule is N#CC[C@H](N)c1ccc(C(=O)O)cc1. The molecule has 3 N–H and O–H groups in total. The maximum absolute atomic E-state index is 10.5. The lowest BCUT2D eigenvalue weighted by atomic mass is 10.0. The van der Waals surface area contributed by atoms with Crippen LogP contribution in [0.2, 0.25) is 0 Å². The minimum absolute atomic E-state index is 0.220. The number of hydrogen-bond acceptors (Lipinski definition) is 3. The molecule has 72 valence electrons. The first kappa shape index (κ1) is 10.2. The van der Waals surface area contributed by atoms with Crippen molar-refractivity contribution in [3.8, 4) is 6.07 Å². The van der Waals surface area contributed by atoms with E-state index in [1.165, 1.54) is 12.1 Å². The summed E-state index contributed by atoms with van der Waals surface area (Å²) in [5.41, 5.74) is 6.66. The van der Waals surface area contributed by atoms with Crippen LogP contribution >= 0.6 is 0 Å². The number of nitrogens with two attached hydrogens (primary N) is 1. The van der Waals surface area contributed by atoms with E-state index in [0.717, 1.165) is 5.56 Å². The summed E-state index contributed by atoms with van der Waals surface area (Å²) in [5.74, 6) is -0.967. The Morgan fingerprint density at radius 2 is 2.07 bits per heavy atom. The van der Waals surface area contributed by atoms with Crippen molar-refractivity contribution in [3.63, 3.8) is 0 Å². The molecular weight excluding hydrogens is 180 g/mol. The van der Waals surface area contributed by atoms with E-state index >= 15 is 0 Å². The molecule has 1 rings (SSSR count). The summed E-state index contributed by atoms with van der Waals surface area (Å²) < 4.78 is 0. The van der Waals surface area contributed by atoms with Gasteiger partial charge in [0.05, 0.1) is 18.1 Å². The van der Waals surface area contributed by atoms with Crippen molar-refractivity contribution < 1.29 is 9.90 Å². The maximum Gasteiger partial charge on any atom is 0.335 e. The van der Waals surface area contributed by atoms with E-state index in [9.17, 15) is 4.79 Å². The fourth-order valence-electron chi connectivity index (χ4n) is 1.09. The van der Waals surface area contributed by atoms with E-state index in [4.69, 9.17) is 16.1 Å². The number of rotatable bonds is 3. The third-order valence-electron chi connectivity index (χ3n) is 1.90. The molecule has 0 aliphatic heterocycles. The molecule has 4 heteroatoms. The molecule has 0 aliphatic rings. The second-order valence-electron chi connectivity index (χ2n) is 2.90. The van der Waals surface area contributed by atoms with Gasteiger partial charge in [-0.15, -0.1) is 0 Å². The first-order valence-electron chi connectivity index (χ1n) is 4.11. The Bertz CT molecular complexity index is 365. The van der Waals surface area contributed by atoms with Crippen molar-refractivity contribution in [2.75, 3.05) is 0 Å². The van der Waals surface area contributed by atoms with Gasteiger partial charge in [-0.3, -0.25) is 0 Å². The normalized spacial score (nSPS) is 11.7. The molecule has 1 atom stereocenters. The van der Waals surface area contributed by atoms with E-state index in [-0.39, 0.29) is 18.0 Å². The molecule has 4 nitrogen and oxygen atoms in total. The molecule has 0 unspecified atom stereocenters. The van der Waals surface area contributed by atoms with Gasteiger partial charge >= 0.3 is 5.97 Å². The number of benzene rings is 1. The molecule has 0 aromatic heterocycles. The molecule has 0 amide bonds. The molecule has 1 aromatic rings. The minimum atomic E-state index is -0.967. The van der Waals surface area contributed by atoms with Crippen LogP contribution in [0, 0.1) is 11.3 Å². The van der Waals surface area contributed by atoms with Gasteiger partial charge in [0.1, 0.15) is 0 Å². The van der Waals surface area contributed by atoms with Gasteiger partial charge in [0.15, 0.2) is 0 Å². The average molecular weight is 190 g/mol. The first-order chi connectivity index (χ1) is 6.65. The summed E-state index contributed by atoms with van der Waals surface area (Å²) in [6.45, 7) is 0. The fourth-order valence-corrected chi connectivity index (χ4v) is 1.09. The van der Waals surface area contributed by atoms with Gasteiger partial charge in [-0.05, 0) is 17.7 Å². The molecule has 0 bridgehead atoms. The lowest BCUT2D eigenvalue weighted by Gasteiger charge is -2.07. The summed E-state index contributed by atoms with van der Waals surface area (Å²) >= 11 is 0. The Balaban J connectivity index is 2.84. The van der Waals surface area contributed by atoms with Crippen molar-refractivity contribution in [3.05, 3.63) is 35.4 Å². The van der Waals surface area contributed by atoms with Crippen LogP contribution in [-0.2, 0) is 0 Å². The van der Waals surface area contributed by atoms with E-state index in [1.54, 1.807) is 12.1 Å². The fraction of sp³-hybridized carbons (Fsp3) is 0.200. The van der Waals surface area contributed by atoms with E-state index in [0.29, 0.717) is 0 Å². The van der Waals surface area contributed by atoms with Crippen LogP contribution in [0.5, 0.6) is 0 Å². The van der Waals surface area contributed by atoms with Gasteiger partial charge in [0, 0.05) is 6.04 Å². The Morgan fingerprint density at radius 3 is 2.50 bits per heavy atom. The van der Waals surface area contributed by atoms with Gasteiger partial charge in [0.2, 0.25) is 0 Å². The molecule has 14 heavy (non-hydrogen) atoms. The standard InChI is InChI=1S/C10H10N2O2/c11-6-5-9(12)7-1-3-8(4-2-7)10(13)14/h1-4,9H,5,12H2,(H,13,14)/t9-/m0/s1. The highest BCUT2D eigenvalue weighted by atomic mass is 16.4. The van der Waals surface area contributed by atoms with Crippen LogP contribution < -0.4 is 5.73 Å². The summed E-state index contributed by atoms with van der Waals surface area (Å²) in [5, 5.41) is 17.1. The topological polar surface area (TPSA) is 87.1 Å². The summed E-state index contributed by atoms with van der Waals surface area (Å²) in [7, 11) is 0. The highest BCUT2D eigenvalue weighted by Gasteiger charge is 2.06. The number of nitriles is 1. The molecular formula is C10H10N2O2. The Labute approximate surface area is 81.6 Å². The second kappa shape index (κ2) is 4.40. The molecule has 0 fully saturated rings. The lowest BCUT2D eigenvalue weighted by Crippen LogP contribution is -2.09. The minimum Gasteiger partial charge on any atom is -0.478 e. The van der Waals surface area contributed by atoms with E-state index < -0.39 is 5.97 Å². The largest absolute Gasteiger partial charge is 0.478 e. The van der Waals surface area contributed by atoms with Gasteiger partial charge in [-0.25, -0.2) is 4.79 Å². The maximum atomic E-state index is 10.5. The van der Waals surface area contributed by atoms with Crippen molar-refractivity contribution >= 4 is 5.97 Å². The van der Waals surface area contributed by atoms with Crippen LogP contribution in [0.3, 0.4) is 0 Å². The van der Waals surface area contributed by atoms with Crippen LogP contribution in [0.4, 0.5) is 0 Å². The zero-order valence-corrected chi connectivity index (χ0v) is 7.47. The Morgan fingerprint density at radius 1 is 1.50 bits per heavy atom. The summed E-state index contributed by atoms with van der Waals surface area (Å²) in [6.07, 6.45) is 0.229. The number of carbonyl (C=O) groups is 1. The number of carboxylic acid groups (broad SMARTS) is 1. The van der Waals surface area contributed by atoms with Crippen LogP contribution in [0.1, 0.15) is 28.4 Å². The van der Waals surface area contributed by atoms with Crippen molar-refractivity contribution in [2.45, 2.75) is 12.5 Å². The highest BCUT2D eigenvalue weighted by molar-refractivity contribution is 5.87. The molecule has 0 saturated heterocycles. The van der Waals surface area contributed by atoms with Gasteiger partial charge in [-0.2, -0.15) is 5.26 Å². The number of carboxylic acids is 1. The Hall–Kier alpha value is -1.86. The van der Waals surface area contributed by atoms with Crippen molar-refractivity contribution in [1.82, 2.24) is 0 Å². The zero-order valence-electron chi connectivity index (χ0n) is 7.47. The number of nitrogens with zero attached hydrogens (tertiary/aromatic N) is 1. The summed E-state index contributed by atoms with van der Waals surface area (Å²) in [4.78, 5) is 10.5. The van der Waals surface area contributed by atoms with Gasteiger partial charge in [0.25, 0.3) is 0 Å². The summed E-state index contributed by atoms with van der Waals surface area (Å²) in [6, 6.07) is 7.84. The van der Waals surface area contributed by atoms with Gasteiger partial charge < -0.3 is 10.8 Å². The highest BCUT2D eigenvalue weighted by Crippen LogP contribution is 2.14.